The van der Waals surface area contributed by atoms with Crippen LogP contribution in [0, 0.1) is 98.9 Å². The van der Waals surface area contributed by atoms with Gasteiger partial charge >= 0.3 is 30.0 Å². The van der Waals surface area contributed by atoms with Crippen LogP contribution in [0.5, 0.6) is 0 Å². The first kappa shape index (κ1) is 112. The van der Waals surface area contributed by atoms with Crippen LogP contribution in [0.3, 0.4) is 0 Å². The summed E-state index contributed by atoms with van der Waals surface area (Å²) < 4.78 is 4.81. The number of carbonyl (C=O) groups is 15. The summed E-state index contributed by atoms with van der Waals surface area (Å²) in [5.41, 5.74) is 3.45. The lowest BCUT2D eigenvalue weighted by Crippen LogP contribution is -2.33. The molecule has 10 rings (SSSR count). The lowest BCUT2D eigenvalue weighted by molar-refractivity contribution is -0.385. The van der Waals surface area contributed by atoms with Crippen molar-refractivity contribution >= 4 is 145 Å². The molecule has 0 aliphatic heterocycles. The van der Waals surface area contributed by atoms with Crippen molar-refractivity contribution in [3.8, 4) is 12.3 Å². The van der Waals surface area contributed by atoms with Gasteiger partial charge in [0.15, 0.2) is 23.1 Å². The third-order valence-electron chi connectivity index (χ3n) is 20.6. The second-order valence-electron chi connectivity index (χ2n) is 31.9. The van der Waals surface area contributed by atoms with Gasteiger partial charge in [-0.3, -0.25) is 98.5 Å². The molecule has 0 fully saturated rings. The molecule has 7 amide bonds. The van der Waals surface area contributed by atoms with Crippen molar-refractivity contribution < 1.29 is 122 Å². The fourth-order valence-electron chi connectivity index (χ4n) is 12.5. The average molecular weight is 1950 g/mol. The zero-order valence-electron chi connectivity index (χ0n) is 76.7. The standard InChI is InChI=1S/C24H25N3O8.C20H16N2O6.C20H22N2O4.C19H18N2O6.C17H15N3O6/c1-2-14-35-24(32)25-13-3-4-18(15-21(28)16-7-11-20(12-8-16)27(33)34)22(29)26-19-9-5-17(6-10-19)23(30)31;1-2-3-15(12-18(23)13-6-10-17(11-7-13)22(27)28)19(24)21-16-8-4-14(5-9-16)20(25)26;1-13(2)18(20(24)21-16-8-4-14(3)5-9-16)12-19(23)15-6-10-17(11-7-15)22(25)26;1-19(2,11-16(22)12-5-9-15(10-6-12)21(26)27)18(25)20-14-7-3-13(4-8-14)17(23)24;21-15(19-13-5-1-12(2-6-13)17(23)24)9-10-18-16(22)11-3-7-14(8-4-11)20(25)26/h2,5-12,18H,1,3-4,13-15H2,(H,25,32)(H,26,29)(H,30,31);1,4-11,15H,3,12H2,(H,21,24)(H,25,26);4-11,13,18H,12H2,1-3H3,(H,21,24);3-10H,11H2,1-2H3,(H,20,25)(H,23,24);1-8H,9-10H2,(H,18,22)(H,19,21)(H,23,24)/t18-;15-;18-;;/m110../s1. The maximum atomic E-state index is 12.9. The largest absolute Gasteiger partial charge is 0.478 e. The molecule has 42 heteroatoms. The Labute approximate surface area is 809 Å². The normalized spacial score (nSPS) is 11.0. The Morgan fingerprint density at radius 2 is 0.697 bits per heavy atom. The van der Waals surface area contributed by atoms with Crippen LogP contribution in [0.15, 0.2) is 255 Å². The number of nitrogens with one attached hydrogen (secondary N) is 7. The van der Waals surface area contributed by atoms with E-state index in [9.17, 15) is 122 Å². The van der Waals surface area contributed by atoms with Gasteiger partial charge < -0.3 is 62.4 Å². The molecule has 0 heterocycles. The van der Waals surface area contributed by atoms with Crippen molar-refractivity contribution in [2.24, 2.45) is 29.1 Å². The summed E-state index contributed by atoms with van der Waals surface area (Å²) in [7, 11) is 0. The Morgan fingerprint density at radius 3 is 1.04 bits per heavy atom. The lowest BCUT2D eigenvalue weighted by Gasteiger charge is -2.23. The Balaban J connectivity index is 0.000000273. The van der Waals surface area contributed by atoms with Crippen LogP contribution >= 0.6 is 0 Å². The van der Waals surface area contributed by atoms with E-state index >= 15 is 0 Å². The molecule has 0 aromatic heterocycles. The highest BCUT2D eigenvalue weighted by molar-refractivity contribution is 6.06. The summed E-state index contributed by atoms with van der Waals surface area (Å²) in [6.45, 7) is 12.7. The minimum absolute atomic E-state index is 0.0133. The molecule has 0 saturated carbocycles. The number of aryl methyl sites for hydroxylation is 1. The van der Waals surface area contributed by atoms with E-state index < -0.39 is 101 Å². The van der Waals surface area contributed by atoms with Crippen molar-refractivity contribution in [2.45, 2.75) is 86.0 Å². The molecule has 42 nitrogen and oxygen atoms in total. The Hall–Kier alpha value is -18.8. The second kappa shape index (κ2) is 55.2. The number of Topliss-reactive ketones (excluding diaryl/α,β-unsaturated/α-hetero) is 4. The number of nitro benzene ring substituents is 5. The lowest BCUT2D eigenvalue weighted by atomic mass is 9.84. The van der Waals surface area contributed by atoms with E-state index in [2.05, 4.69) is 49.7 Å². The number of carbonyl (C=O) groups excluding carboxylic acids is 11. The van der Waals surface area contributed by atoms with Gasteiger partial charge in [0.25, 0.3) is 34.3 Å². The van der Waals surface area contributed by atoms with E-state index in [1.165, 1.54) is 224 Å². The minimum Gasteiger partial charge on any atom is -0.478 e. The Morgan fingerprint density at radius 1 is 0.394 bits per heavy atom. The number of aromatic carboxylic acids is 4. The van der Waals surface area contributed by atoms with Crippen molar-refractivity contribution in [3.05, 3.63) is 362 Å². The van der Waals surface area contributed by atoms with Gasteiger partial charge in [0, 0.05) is 180 Å². The third-order valence-corrected chi connectivity index (χ3v) is 20.6. The van der Waals surface area contributed by atoms with E-state index in [0.717, 1.165) is 5.56 Å². The number of nitro groups is 5. The minimum atomic E-state index is -1.10. The monoisotopic (exact) mass is 1940 g/mol. The average Bonchev–Trinajstić information content (AvgIpc) is 0.809. The molecule has 3 atom stereocenters. The number of alkyl carbamates (subject to hydrolysis) is 1. The van der Waals surface area contributed by atoms with E-state index in [1.54, 1.807) is 13.8 Å². The van der Waals surface area contributed by atoms with Gasteiger partial charge in [-0.1, -0.05) is 58.0 Å². The number of terminal acetylenes is 1. The van der Waals surface area contributed by atoms with Gasteiger partial charge in [0.2, 0.25) is 29.5 Å². The molecule has 0 radical (unpaired) electrons. The number of ether oxygens (including phenoxy) is 1. The molecule has 142 heavy (non-hydrogen) atoms. The number of ketones is 4. The number of carboxylic acid groups (broad SMARTS) is 4. The van der Waals surface area contributed by atoms with E-state index in [-0.39, 0.29) is 178 Å². The molecule has 11 N–H and O–H groups in total. The predicted octanol–water partition coefficient (Wildman–Crippen LogP) is 16.9. The number of carboxylic acids is 4. The van der Waals surface area contributed by atoms with Crippen molar-refractivity contribution in [2.75, 3.05) is 46.3 Å². The molecule has 0 bridgehead atoms. The summed E-state index contributed by atoms with van der Waals surface area (Å²) in [6, 6.07) is 55.9. The van der Waals surface area contributed by atoms with Crippen LogP contribution < -0.4 is 37.2 Å². The van der Waals surface area contributed by atoms with Gasteiger partial charge in [-0.25, -0.2) is 24.0 Å². The molecule has 0 saturated heterocycles. The second-order valence-corrected chi connectivity index (χ2v) is 31.9. The first-order valence-electron chi connectivity index (χ1n) is 42.8. The fraction of sp³-hybridized carbons (Fsp3) is 0.210. The topological polar surface area (TPSA) is 646 Å². The van der Waals surface area contributed by atoms with E-state index in [1.807, 2.05) is 45.0 Å². The highest BCUT2D eigenvalue weighted by Gasteiger charge is 2.33. The molecular formula is C100H96N12O30. The van der Waals surface area contributed by atoms with Crippen LogP contribution in [0.4, 0.5) is 61.7 Å². The molecule has 0 aliphatic rings. The van der Waals surface area contributed by atoms with Crippen molar-refractivity contribution in [1.82, 2.24) is 10.6 Å². The number of hydrogen-bond donors (Lipinski definition) is 11. The van der Waals surface area contributed by atoms with Crippen LogP contribution in [0.1, 0.15) is 178 Å². The zero-order valence-corrected chi connectivity index (χ0v) is 76.7. The van der Waals surface area contributed by atoms with Gasteiger partial charge in [-0.05, 0) is 196 Å². The van der Waals surface area contributed by atoms with E-state index in [0.29, 0.717) is 40.4 Å². The Bertz CT molecular complexity index is 6310. The smallest absolute Gasteiger partial charge is 0.407 e. The third kappa shape index (κ3) is 37.4. The van der Waals surface area contributed by atoms with Crippen molar-refractivity contribution in [3.63, 3.8) is 0 Å². The molecule has 0 unspecified atom stereocenters. The van der Waals surface area contributed by atoms with Crippen LogP contribution in [-0.2, 0) is 28.7 Å². The first-order valence-corrected chi connectivity index (χ1v) is 42.8. The highest BCUT2D eigenvalue weighted by Crippen LogP contribution is 2.30. The molecule has 0 spiro atoms. The molecule has 736 valence electrons. The van der Waals surface area contributed by atoms with Gasteiger partial charge in [-0.2, -0.15) is 0 Å². The fourth-order valence-corrected chi connectivity index (χ4v) is 12.5. The Kier molecular flexibility index (Phi) is 43.5. The maximum Gasteiger partial charge on any atom is 0.407 e. The van der Waals surface area contributed by atoms with Crippen LogP contribution in [-0.4, -0.2) is 153 Å². The first-order chi connectivity index (χ1) is 67.3. The number of amides is 7. The summed E-state index contributed by atoms with van der Waals surface area (Å²) in [5, 5.41) is 107. The molecule has 0 aliphatic carbocycles. The summed E-state index contributed by atoms with van der Waals surface area (Å²) in [5.74, 6) is -7.65. The van der Waals surface area contributed by atoms with Gasteiger partial charge in [0.1, 0.15) is 6.61 Å². The number of rotatable bonds is 42. The number of non-ortho nitro benzene ring substituents is 5. The van der Waals surface area contributed by atoms with E-state index in [4.69, 9.17) is 31.6 Å². The summed E-state index contributed by atoms with van der Waals surface area (Å²) in [4.78, 5) is 230. The number of benzene rings is 10. The summed E-state index contributed by atoms with van der Waals surface area (Å²) in [6.07, 6.45) is 6.37. The number of nitrogens with zero attached hydrogens (tertiary/aromatic N) is 5. The molecular weight excluding hydrogens is 1850 g/mol. The van der Waals surface area contributed by atoms with Crippen LogP contribution in [0.2, 0.25) is 0 Å². The van der Waals surface area contributed by atoms with Crippen molar-refractivity contribution in [1.29, 1.82) is 0 Å². The SMILES string of the molecule is C#CC[C@H](CC(=O)c1ccc([N+](=O)[O-])cc1)C(=O)Nc1ccc(C(=O)O)cc1.C=CCOC(=O)NCCC[C@H](CC(=O)c1ccc([N+](=O)[O-])cc1)C(=O)Nc1ccc(C(=O)O)cc1.CC(C)(CC(=O)c1ccc([N+](=O)[O-])cc1)C(=O)Nc1ccc(C(=O)O)cc1.Cc1ccc(NC(=O)[C@@H](CC(=O)c2ccc([N+](=O)[O-])cc2)C(C)C)cc1.O=C(CCNC(=O)c1ccc([N+](=O)[O-])cc1)Nc1ccc(C(=O)O)cc1. The summed E-state index contributed by atoms with van der Waals surface area (Å²) >= 11 is 0. The van der Waals surface area contributed by atoms with Gasteiger partial charge in [0.05, 0.1) is 58.2 Å². The van der Waals surface area contributed by atoms with Gasteiger partial charge in [-0.15, -0.1) is 12.3 Å². The molecule has 10 aromatic rings. The maximum absolute atomic E-state index is 12.9. The number of anilines is 5. The zero-order chi connectivity index (χ0) is 105. The predicted molar refractivity (Wildman–Crippen MR) is 517 cm³/mol. The van der Waals surface area contributed by atoms with Crippen LogP contribution in [0.25, 0.3) is 0 Å². The highest BCUT2D eigenvalue weighted by atomic mass is 16.6. The molecule has 10 aromatic carbocycles. The quantitative estimate of drug-likeness (QED) is 0.00423. The number of hydrogen-bond acceptors (Lipinski definition) is 26.